The van der Waals surface area contributed by atoms with Crippen LogP contribution in [0.4, 0.5) is 17.5 Å². The Morgan fingerprint density at radius 2 is 1.12 bits per heavy atom. The molecule has 7 atom stereocenters. The number of carbonyl (C=O) groups excluding carboxylic acids is 3. The molecule has 0 radical (unpaired) electrons. The summed E-state index contributed by atoms with van der Waals surface area (Å²) in [6.07, 6.45) is 30.2. The van der Waals surface area contributed by atoms with Gasteiger partial charge < -0.3 is 35.0 Å². The van der Waals surface area contributed by atoms with Gasteiger partial charge in [0.05, 0.1) is 43.9 Å². The van der Waals surface area contributed by atoms with Crippen LogP contribution < -0.4 is 29.9 Å². The number of nitrogens with one attached hydrogen (secondary N) is 2. The Labute approximate surface area is 534 Å². The summed E-state index contributed by atoms with van der Waals surface area (Å²) in [6.45, 7) is 10.6. The second-order valence-electron chi connectivity index (χ2n) is 25.4. The van der Waals surface area contributed by atoms with Gasteiger partial charge in [0.15, 0.2) is 34.8 Å². The van der Waals surface area contributed by atoms with E-state index in [2.05, 4.69) is 90.9 Å². The lowest BCUT2D eigenvalue weighted by molar-refractivity contribution is -0.609. The Kier molecular flexibility index (Phi) is 14.6. The average molecular weight is 1260 g/mol. The van der Waals surface area contributed by atoms with Crippen LogP contribution in [0.15, 0.2) is 62.5 Å². The van der Waals surface area contributed by atoms with Gasteiger partial charge in [-0.15, -0.1) is 25.1 Å². The summed E-state index contributed by atoms with van der Waals surface area (Å²) in [6, 6.07) is 0.0953. The molecule has 93 heavy (non-hydrogen) atoms. The molecule has 4 fully saturated rings. The second kappa shape index (κ2) is 23.3. The van der Waals surface area contributed by atoms with Crippen molar-refractivity contribution in [1.82, 2.24) is 113 Å². The molecule has 480 valence electrons. The van der Waals surface area contributed by atoms with Gasteiger partial charge in [-0.3, -0.25) is 37.2 Å². The van der Waals surface area contributed by atoms with E-state index in [1.807, 2.05) is 25.5 Å². The van der Waals surface area contributed by atoms with E-state index in [1.165, 1.54) is 0 Å². The fourth-order valence-corrected chi connectivity index (χ4v) is 15.7. The molecule has 3 amide bonds. The average Bonchev–Trinajstić information content (AvgIpc) is 1.70. The molecule has 3 aliphatic carbocycles. The lowest BCUT2D eigenvalue weighted by Crippen LogP contribution is -2.50. The monoisotopic (exact) mass is 1260 g/mol. The number of hydrogen-bond donors (Lipinski definition) is 2. The highest BCUT2D eigenvalue weighted by Crippen LogP contribution is 2.48. The third-order valence-corrected chi connectivity index (χ3v) is 20.2. The predicted octanol–water partition coefficient (Wildman–Crippen LogP) is 4.71. The van der Waals surface area contributed by atoms with Gasteiger partial charge in [-0.05, 0) is 77.0 Å². The minimum Gasteiger partial charge on any atom is -0.378 e. The maximum absolute atomic E-state index is 13.5. The molecule has 31 heteroatoms. The van der Waals surface area contributed by atoms with E-state index < -0.39 is 0 Å². The zero-order valence-electron chi connectivity index (χ0n) is 52.9. The number of anilines is 3. The molecule has 3 saturated carbocycles. The third-order valence-electron chi connectivity index (χ3n) is 20.2. The first-order chi connectivity index (χ1) is 45.5. The van der Waals surface area contributed by atoms with Gasteiger partial charge in [0, 0.05) is 81.8 Å². The van der Waals surface area contributed by atoms with Gasteiger partial charge in [-0.25, -0.2) is 29.9 Å². The number of aryl methyl sites for hydroxylation is 1. The molecule has 9 aromatic rings. The van der Waals surface area contributed by atoms with Crippen LogP contribution in [0.5, 0.6) is 0 Å². The number of imidazole rings is 3. The van der Waals surface area contributed by atoms with E-state index in [1.54, 1.807) is 70.3 Å². The van der Waals surface area contributed by atoms with Gasteiger partial charge in [0.25, 0.3) is 17.7 Å². The molecule has 9 aromatic heterocycles. The lowest BCUT2D eigenvalue weighted by atomic mass is 10.0. The van der Waals surface area contributed by atoms with Crippen molar-refractivity contribution in [2.45, 2.75) is 160 Å². The number of amides is 3. The van der Waals surface area contributed by atoms with Gasteiger partial charge >= 0.3 is 5.82 Å². The molecule has 31 nitrogen and oxygen atoms in total. The molecule has 13 heterocycles. The van der Waals surface area contributed by atoms with E-state index >= 15 is 0 Å². The lowest BCUT2D eigenvalue weighted by Gasteiger charge is -2.41. The highest BCUT2D eigenvalue weighted by atomic mass is 16.5. The van der Waals surface area contributed by atoms with Gasteiger partial charge in [0.1, 0.15) is 71.2 Å². The number of ether oxygens (including phenoxy) is 1. The van der Waals surface area contributed by atoms with Crippen molar-refractivity contribution in [2.24, 2.45) is 5.92 Å². The van der Waals surface area contributed by atoms with Crippen LogP contribution in [0.1, 0.15) is 189 Å². The third kappa shape index (κ3) is 9.68. The van der Waals surface area contributed by atoms with Crippen molar-refractivity contribution in [3.8, 4) is 34.9 Å². The molecule has 4 aliphatic heterocycles. The topological polar surface area (TPSA) is 311 Å². The first-order valence-corrected chi connectivity index (χ1v) is 32.8. The van der Waals surface area contributed by atoms with E-state index in [-0.39, 0.29) is 77.3 Å². The molecule has 2 N–H and O–H groups in total. The number of carbonyl (C=O) groups is 3. The van der Waals surface area contributed by atoms with Gasteiger partial charge in [-0.2, -0.15) is 19.5 Å². The SMILES string of the molecule is CCC1c2nnc(C)n2-c2cnc(-n3cnc(C(=O)N4CCOCC4)c3)nc2N1C1CCC(n2c[n+]3c(n2)C(CC)N(C2CCC(Cc4nnc5n4-c4cnc(-n6cnc(C(=O)NC)c6)nc4N(C4CCCC4)C5CC)C2)c2nc(-n4cnc(C(=O)NC)c4)ncc2-3)C1. The first kappa shape index (κ1) is 58.2. The Morgan fingerprint density at radius 1 is 0.581 bits per heavy atom. The Bertz CT molecular complexity index is 4350. The van der Waals surface area contributed by atoms with Crippen molar-refractivity contribution in [2.75, 3.05) is 55.1 Å². The normalized spacial score (nSPS) is 22.4. The van der Waals surface area contributed by atoms with Crippen LogP contribution in [-0.2, 0) is 11.2 Å². The van der Waals surface area contributed by atoms with Gasteiger partial charge in [0.2, 0.25) is 24.2 Å². The maximum atomic E-state index is 13.5. The fraction of sp³-hybridized carbons (Fsp3) is 0.516. The van der Waals surface area contributed by atoms with Crippen molar-refractivity contribution < 1.29 is 23.7 Å². The molecular weight excluding hydrogens is 1190 g/mol. The molecule has 1 saturated heterocycles. The number of fused-ring (bicyclic) bond motifs is 9. The molecular formula is C62H74N27O4+. The zero-order valence-corrected chi connectivity index (χ0v) is 52.9. The van der Waals surface area contributed by atoms with Crippen LogP contribution in [0.2, 0.25) is 0 Å². The molecule has 7 unspecified atom stereocenters. The smallest absolute Gasteiger partial charge is 0.305 e. The van der Waals surface area contributed by atoms with E-state index in [9.17, 15) is 14.4 Å². The predicted molar refractivity (Wildman–Crippen MR) is 333 cm³/mol. The molecule has 0 spiro atoms. The maximum Gasteiger partial charge on any atom is 0.305 e. The van der Waals surface area contributed by atoms with Crippen LogP contribution in [-0.4, -0.2) is 179 Å². The van der Waals surface area contributed by atoms with Crippen LogP contribution in [0, 0.1) is 12.8 Å². The number of nitrogens with zero attached hydrogens (tertiary/aromatic N) is 25. The van der Waals surface area contributed by atoms with Gasteiger partial charge in [-0.1, -0.05) is 33.6 Å². The molecule has 16 rings (SSSR count). The van der Waals surface area contributed by atoms with E-state index in [4.69, 9.17) is 55.0 Å². The number of rotatable bonds is 15. The number of morpholine rings is 1. The summed E-state index contributed by atoms with van der Waals surface area (Å²) < 4.78 is 19.3. The summed E-state index contributed by atoms with van der Waals surface area (Å²) >= 11 is 0. The summed E-state index contributed by atoms with van der Waals surface area (Å²) in [5.74, 6) is 7.46. The highest BCUT2D eigenvalue weighted by molar-refractivity contribution is 5.93. The van der Waals surface area contributed by atoms with Crippen LogP contribution >= 0.6 is 0 Å². The zero-order chi connectivity index (χ0) is 63.3. The standard InChI is InChI=1S/C62H73N27O4/c1-7-44-54-76-74-35(4)85(54)48-26-66-62(82-30-43(70-33-82)59(92)79-18-20-93-21-19-79)72-52(48)88(44)40-17-16-38(24-40)84-34-83-47-25-65-60(80-28-41(68-31-80)57(90)63-5)71-51(47)87(46(9-3)56(83)78-84)39-15-14-36(22-39)23-50-75-77-55-45(8-2)86(37-12-10-11-13-37)53-49(89(50)55)27-67-61(73-53)81-29-42(69-32-81)58(91)64-6/h25-34,36-40,44-46H,7-24H2,1-6H3,(H-,63,64,90,91)/p+1. The Morgan fingerprint density at radius 3 is 1.76 bits per heavy atom. The highest BCUT2D eigenvalue weighted by Gasteiger charge is 2.49. The number of hydrogen-bond acceptors (Lipinski definition) is 21. The molecule has 7 aliphatic rings. The van der Waals surface area contributed by atoms with E-state index in [0.717, 1.165) is 147 Å². The second-order valence-corrected chi connectivity index (χ2v) is 25.4. The van der Waals surface area contributed by atoms with Crippen molar-refractivity contribution in [1.29, 1.82) is 0 Å². The minimum atomic E-state index is -0.301. The van der Waals surface area contributed by atoms with E-state index in [0.29, 0.717) is 56.3 Å². The largest absolute Gasteiger partial charge is 0.378 e. The van der Waals surface area contributed by atoms with Crippen LogP contribution in [0.3, 0.4) is 0 Å². The first-order valence-electron chi connectivity index (χ1n) is 32.8. The molecule has 0 aromatic carbocycles. The summed E-state index contributed by atoms with van der Waals surface area (Å²) in [5, 5.41) is 30.3. The number of aromatic nitrogens is 21. The molecule has 0 bridgehead atoms. The summed E-state index contributed by atoms with van der Waals surface area (Å²) in [4.78, 5) is 92.0. The van der Waals surface area contributed by atoms with Crippen LogP contribution in [0.25, 0.3) is 34.9 Å². The fourth-order valence-electron chi connectivity index (χ4n) is 15.7. The summed E-state index contributed by atoms with van der Waals surface area (Å²) in [5.41, 5.74) is 3.34. The quantitative estimate of drug-likeness (QED) is 0.131. The summed E-state index contributed by atoms with van der Waals surface area (Å²) in [7, 11) is 3.17. The minimum absolute atomic E-state index is 0.0281. The Balaban J connectivity index is 0.709. The van der Waals surface area contributed by atoms with Crippen molar-refractivity contribution >= 4 is 35.2 Å². The van der Waals surface area contributed by atoms with Crippen molar-refractivity contribution in [3.63, 3.8) is 0 Å². The van der Waals surface area contributed by atoms with Crippen molar-refractivity contribution in [3.05, 3.63) is 109 Å². The Hall–Kier alpha value is -9.94.